The molecule has 200 valence electrons. The van der Waals surface area contributed by atoms with Crippen molar-refractivity contribution in [2.24, 2.45) is 0 Å². The maximum atomic E-state index is 9.68. The minimum atomic E-state index is -0.535. The van der Waals surface area contributed by atoms with E-state index in [4.69, 9.17) is 12.6 Å². The fraction of sp³-hybridized carbons (Fsp3) is 0. The van der Waals surface area contributed by atoms with Crippen molar-refractivity contribution in [2.45, 2.75) is 0 Å². The van der Waals surface area contributed by atoms with Gasteiger partial charge in [-0.2, -0.15) is 0 Å². The highest BCUT2D eigenvalue weighted by Gasteiger charge is 2.18. The second kappa shape index (κ2) is 9.44. The van der Waals surface area contributed by atoms with Gasteiger partial charge < -0.3 is 4.42 Å². The molecule has 1 nitrogen and oxygen atoms in total. The average molecular weight is 556 g/mol. The number of benzene rings is 8. The molecule has 9 aromatic rings. The van der Waals surface area contributed by atoms with Gasteiger partial charge in [-0.25, -0.2) is 0 Å². The van der Waals surface area contributed by atoms with Crippen molar-refractivity contribution in [2.75, 3.05) is 0 Å². The van der Waals surface area contributed by atoms with E-state index in [0.717, 1.165) is 43.8 Å². The van der Waals surface area contributed by atoms with Crippen molar-refractivity contribution in [1.29, 1.82) is 0 Å². The van der Waals surface area contributed by atoms with Crippen LogP contribution in [-0.4, -0.2) is 0 Å². The zero-order valence-corrected chi connectivity index (χ0v) is 22.7. The number of fused-ring (bicyclic) bond motifs is 6. The number of furan rings is 1. The fourth-order valence-electron chi connectivity index (χ4n) is 6.15. The highest BCUT2D eigenvalue weighted by molar-refractivity contribution is 6.22. The van der Waals surface area contributed by atoms with Gasteiger partial charge in [0.05, 0.1) is 12.3 Å². The summed E-state index contributed by atoms with van der Waals surface area (Å²) in [5.41, 5.74) is 4.61. The Balaban J connectivity index is 1.39. The molecular formula is C42H26O. The van der Waals surface area contributed by atoms with E-state index in [2.05, 4.69) is 36.4 Å². The van der Waals surface area contributed by atoms with Crippen LogP contribution in [0.3, 0.4) is 0 Å². The highest BCUT2D eigenvalue weighted by Crippen LogP contribution is 2.45. The SMILES string of the molecule is [2H]c1c(-c2c3ccccc3c(-c3ccc(-c4ccccc4)cc3)c3ccccc23)c([2H])c2c(oc3c([2H])c4c([2H])c([2H])c([2H])c([2H])c4c([2H])c32)c1[2H]. The Morgan fingerprint density at radius 2 is 0.884 bits per heavy atom. The number of rotatable bonds is 3. The highest BCUT2D eigenvalue weighted by atomic mass is 16.3. The molecule has 0 radical (unpaired) electrons. The van der Waals surface area contributed by atoms with Crippen molar-refractivity contribution in [3.63, 3.8) is 0 Å². The topological polar surface area (TPSA) is 13.1 Å². The zero-order valence-electron chi connectivity index (χ0n) is 31.7. The van der Waals surface area contributed by atoms with Gasteiger partial charge in [0.2, 0.25) is 0 Å². The second-order valence-electron chi connectivity index (χ2n) is 10.5. The second-order valence-corrected chi connectivity index (χ2v) is 10.5. The molecule has 1 heterocycles. The van der Waals surface area contributed by atoms with E-state index in [1.807, 2.05) is 66.7 Å². The first-order valence-corrected chi connectivity index (χ1v) is 14.0. The molecule has 0 unspecified atom stereocenters. The summed E-state index contributed by atoms with van der Waals surface area (Å²) in [4.78, 5) is 0. The van der Waals surface area contributed by atoms with E-state index in [1.54, 1.807) is 0 Å². The Bertz CT molecular complexity index is 2930. The first-order chi connectivity index (χ1) is 25.1. The predicted molar refractivity (Wildman–Crippen MR) is 183 cm³/mol. The molecule has 0 aliphatic heterocycles. The summed E-state index contributed by atoms with van der Waals surface area (Å²) in [6.07, 6.45) is 0. The van der Waals surface area contributed by atoms with Crippen LogP contribution in [0, 0.1) is 0 Å². The lowest BCUT2D eigenvalue weighted by molar-refractivity contribution is 0.669. The van der Waals surface area contributed by atoms with E-state index in [9.17, 15) is 4.11 Å². The Kier molecular flexibility index (Phi) is 3.67. The molecule has 0 saturated heterocycles. The third-order valence-corrected chi connectivity index (χ3v) is 8.10. The van der Waals surface area contributed by atoms with Crippen LogP contribution in [0.15, 0.2) is 162 Å². The summed E-state index contributed by atoms with van der Waals surface area (Å²) >= 11 is 0. The molecule has 0 aliphatic carbocycles. The number of hydrogen-bond acceptors (Lipinski definition) is 1. The van der Waals surface area contributed by atoms with Crippen LogP contribution in [0.5, 0.6) is 0 Å². The largest absolute Gasteiger partial charge is 0.456 e. The lowest BCUT2D eigenvalue weighted by atomic mass is 9.85. The molecule has 0 saturated carbocycles. The molecule has 0 fully saturated rings. The molecule has 1 heteroatoms. The fourth-order valence-corrected chi connectivity index (χ4v) is 6.15. The molecule has 0 spiro atoms. The van der Waals surface area contributed by atoms with Gasteiger partial charge >= 0.3 is 0 Å². The van der Waals surface area contributed by atoms with Gasteiger partial charge in [0.25, 0.3) is 0 Å². The maximum absolute atomic E-state index is 9.68. The van der Waals surface area contributed by atoms with Gasteiger partial charge in [0, 0.05) is 10.8 Å². The smallest absolute Gasteiger partial charge is 0.136 e. The van der Waals surface area contributed by atoms with Crippen LogP contribution >= 0.6 is 0 Å². The summed E-state index contributed by atoms with van der Waals surface area (Å²) < 4.78 is 85.8. The third kappa shape index (κ3) is 3.79. The first-order valence-electron chi connectivity index (χ1n) is 18.5. The van der Waals surface area contributed by atoms with Crippen molar-refractivity contribution < 1.29 is 16.8 Å². The summed E-state index contributed by atoms with van der Waals surface area (Å²) in [5, 5.41) is 3.04. The summed E-state index contributed by atoms with van der Waals surface area (Å²) in [5.74, 6) is 0. The van der Waals surface area contributed by atoms with E-state index in [-0.39, 0.29) is 68.5 Å². The Morgan fingerprint density at radius 1 is 0.372 bits per heavy atom. The van der Waals surface area contributed by atoms with E-state index in [0.29, 0.717) is 5.56 Å². The van der Waals surface area contributed by atoms with Crippen LogP contribution < -0.4 is 0 Å². The molecule has 0 amide bonds. The van der Waals surface area contributed by atoms with Crippen molar-refractivity contribution in [3.05, 3.63) is 158 Å². The van der Waals surface area contributed by atoms with Crippen LogP contribution in [-0.2, 0) is 0 Å². The van der Waals surface area contributed by atoms with Crippen molar-refractivity contribution in [3.8, 4) is 33.4 Å². The minimum Gasteiger partial charge on any atom is -0.456 e. The molecule has 0 bridgehead atoms. The van der Waals surface area contributed by atoms with Gasteiger partial charge in [-0.1, -0.05) is 133 Å². The predicted octanol–water partition coefficient (Wildman–Crippen LogP) is 12.0. The molecule has 1 aromatic heterocycles. The van der Waals surface area contributed by atoms with Crippen LogP contribution in [0.1, 0.15) is 12.3 Å². The van der Waals surface area contributed by atoms with Gasteiger partial charge in [-0.3, -0.25) is 0 Å². The Hall–Kier alpha value is -5.66. The zero-order chi connectivity index (χ0) is 36.2. The third-order valence-electron chi connectivity index (χ3n) is 8.10. The summed E-state index contributed by atoms with van der Waals surface area (Å²) in [7, 11) is 0. The van der Waals surface area contributed by atoms with Crippen molar-refractivity contribution in [1.82, 2.24) is 0 Å². The quantitative estimate of drug-likeness (QED) is 0.198. The normalized spacial score (nSPS) is 14.7. The van der Waals surface area contributed by atoms with Gasteiger partial charge in [0.1, 0.15) is 11.2 Å². The first kappa shape index (κ1) is 16.7. The van der Waals surface area contributed by atoms with Gasteiger partial charge in [0.15, 0.2) is 0 Å². The average Bonchev–Trinajstić information content (AvgIpc) is 3.59. The summed E-state index contributed by atoms with van der Waals surface area (Å²) in [6, 6.07) is 30.7. The Morgan fingerprint density at radius 3 is 1.53 bits per heavy atom. The van der Waals surface area contributed by atoms with Gasteiger partial charge in [-0.05, 0) is 89.9 Å². The van der Waals surface area contributed by atoms with Crippen LogP contribution in [0.4, 0.5) is 0 Å². The van der Waals surface area contributed by atoms with Gasteiger partial charge in [-0.15, -0.1) is 0 Å². The standard InChI is InChI=1S/C42H26O/c1-2-10-27(11-3-1)28-18-20-29(21-19-28)41-33-14-6-8-16-35(33)42(36-17-9-7-15-34(36)41)32-22-23-39-37(25-32)38-24-30-12-4-5-13-31(30)26-40(38)43-39/h1-26H/i4D,5D,12D,13D,22D,23D,24D,25D,26D. The molecule has 0 atom stereocenters. The number of hydrogen-bond donors (Lipinski definition) is 0. The van der Waals surface area contributed by atoms with Crippen LogP contribution in [0.2, 0.25) is 0 Å². The van der Waals surface area contributed by atoms with Crippen LogP contribution in [0.25, 0.3) is 87.6 Å². The summed E-state index contributed by atoms with van der Waals surface area (Å²) in [6.45, 7) is 0. The molecule has 0 N–H and O–H groups in total. The Labute approximate surface area is 261 Å². The van der Waals surface area contributed by atoms with E-state index < -0.39 is 24.2 Å². The minimum absolute atomic E-state index is 0.000942. The monoisotopic (exact) mass is 555 g/mol. The lowest BCUT2D eigenvalue weighted by Crippen LogP contribution is -1.91. The lowest BCUT2D eigenvalue weighted by Gasteiger charge is -2.18. The molecule has 0 aliphatic rings. The molecule has 9 rings (SSSR count). The van der Waals surface area contributed by atoms with E-state index in [1.165, 1.54) is 0 Å². The van der Waals surface area contributed by atoms with E-state index >= 15 is 0 Å². The molecular weight excluding hydrogens is 520 g/mol. The molecule has 8 aromatic carbocycles. The van der Waals surface area contributed by atoms with Crippen molar-refractivity contribution >= 4 is 54.3 Å². The molecule has 43 heavy (non-hydrogen) atoms. The maximum Gasteiger partial charge on any atom is 0.136 e.